The van der Waals surface area contributed by atoms with Gasteiger partial charge in [0.1, 0.15) is 0 Å². The maximum absolute atomic E-state index is 12.7. The molecule has 0 aromatic carbocycles. The summed E-state index contributed by atoms with van der Waals surface area (Å²) in [5.41, 5.74) is 0.629. The van der Waals surface area contributed by atoms with E-state index in [0.29, 0.717) is 24.6 Å². The van der Waals surface area contributed by atoms with Crippen molar-refractivity contribution in [3.63, 3.8) is 0 Å². The Morgan fingerprint density at radius 1 is 0.957 bits per heavy atom. The highest BCUT2D eigenvalue weighted by molar-refractivity contribution is 5.94. The summed E-state index contributed by atoms with van der Waals surface area (Å²) in [5.74, 6) is 0.421. The smallest absolute Gasteiger partial charge is 0.255 e. The molecule has 2 aliphatic rings. The first-order valence-corrected chi connectivity index (χ1v) is 8.74. The number of amides is 2. The lowest BCUT2D eigenvalue weighted by molar-refractivity contribution is -0.136. The minimum atomic E-state index is 0.0266. The van der Waals surface area contributed by atoms with Crippen molar-refractivity contribution in [2.45, 2.75) is 38.5 Å². The Labute approximate surface area is 137 Å². The van der Waals surface area contributed by atoms with Gasteiger partial charge in [-0.3, -0.25) is 14.6 Å². The van der Waals surface area contributed by atoms with Crippen molar-refractivity contribution in [2.75, 3.05) is 26.2 Å². The first-order valence-electron chi connectivity index (χ1n) is 8.74. The fourth-order valence-corrected chi connectivity index (χ4v) is 3.55. The van der Waals surface area contributed by atoms with Gasteiger partial charge < -0.3 is 9.80 Å². The van der Waals surface area contributed by atoms with Gasteiger partial charge in [-0.1, -0.05) is 12.8 Å². The Hall–Kier alpha value is -1.91. The van der Waals surface area contributed by atoms with Gasteiger partial charge in [-0.05, 0) is 37.8 Å². The van der Waals surface area contributed by atoms with Gasteiger partial charge in [-0.25, -0.2) is 0 Å². The van der Waals surface area contributed by atoms with E-state index in [0.717, 1.165) is 38.8 Å². The van der Waals surface area contributed by atoms with E-state index in [2.05, 4.69) is 9.88 Å². The van der Waals surface area contributed by atoms with Crippen LogP contribution in [0.5, 0.6) is 0 Å². The molecule has 1 aromatic rings. The molecule has 0 atom stereocenters. The molecule has 2 saturated heterocycles. The van der Waals surface area contributed by atoms with E-state index in [-0.39, 0.29) is 11.8 Å². The predicted octanol–water partition coefficient (Wildman–Crippen LogP) is 2.34. The molecule has 2 amide bonds. The number of carbonyl (C=O) groups is 2. The zero-order valence-electron chi connectivity index (χ0n) is 13.6. The van der Waals surface area contributed by atoms with Gasteiger partial charge in [0.15, 0.2) is 0 Å². The second kappa shape index (κ2) is 7.57. The van der Waals surface area contributed by atoms with E-state index in [4.69, 9.17) is 0 Å². The number of pyridine rings is 1. The van der Waals surface area contributed by atoms with Crippen LogP contribution in [0.2, 0.25) is 0 Å². The topological polar surface area (TPSA) is 53.5 Å². The maximum atomic E-state index is 12.7. The van der Waals surface area contributed by atoms with E-state index < -0.39 is 0 Å². The molecule has 3 rings (SSSR count). The number of nitrogens with zero attached hydrogens (tertiary/aromatic N) is 3. The molecule has 23 heavy (non-hydrogen) atoms. The first kappa shape index (κ1) is 16.0. The summed E-state index contributed by atoms with van der Waals surface area (Å²) in [6.07, 6.45) is 9.57. The molecular weight excluding hydrogens is 290 g/mol. The van der Waals surface area contributed by atoms with E-state index in [1.165, 1.54) is 12.8 Å². The average Bonchev–Trinajstić information content (AvgIpc) is 2.91. The Balaban J connectivity index is 1.53. The van der Waals surface area contributed by atoms with Gasteiger partial charge >= 0.3 is 0 Å². The van der Waals surface area contributed by atoms with Crippen LogP contribution in [0.25, 0.3) is 0 Å². The van der Waals surface area contributed by atoms with E-state index in [1.54, 1.807) is 24.5 Å². The van der Waals surface area contributed by atoms with Crippen LogP contribution < -0.4 is 0 Å². The molecule has 2 aliphatic heterocycles. The van der Waals surface area contributed by atoms with Crippen LogP contribution in [0.1, 0.15) is 48.9 Å². The molecule has 0 saturated carbocycles. The van der Waals surface area contributed by atoms with Crippen molar-refractivity contribution in [2.24, 2.45) is 5.92 Å². The van der Waals surface area contributed by atoms with Crippen LogP contribution in [-0.2, 0) is 4.79 Å². The third-order valence-corrected chi connectivity index (χ3v) is 4.96. The van der Waals surface area contributed by atoms with Gasteiger partial charge in [0.05, 0.1) is 5.56 Å². The number of carbonyl (C=O) groups excluding carboxylic acids is 2. The van der Waals surface area contributed by atoms with Crippen LogP contribution in [0, 0.1) is 5.92 Å². The van der Waals surface area contributed by atoms with Crippen molar-refractivity contribution in [3.8, 4) is 0 Å². The van der Waals surface area contributed by atoms with Gasteiger partial charge in [0.2, 0.25) is 5.91 Å². The molecule has 5 heteroatoms. The number of aromatic nitrogens is 1. The number of likely N-dealkylation sites (tertiary alicyclic amines) is 2. The summed E-state index contributed by atoms with van der Waals surface area (Å²) >= 11 is 0. The quantitative estimate of drug-likeness (QED) is 0.842. The molecule has 124 valence electrons. The summed E-state index contributed by atoms with van der Waals surface area (Å²) < 4.78 is 0. The summed E-state index contributed by atoms with van der Waals surface area (Å²) in [6, 6.07) is 3.58. The van der Waals surface area contributed by atoms with Crippen molar-refractivity contribution in [1.29, 1.82) is 0 Å². The lowest BCUT2D eigenvalue weighted by Gasteiger charge is -2.34. The van der Waals surface area contributed by atoms with E-state index in [9.17, 15) is 9.59 Å². The largest absolute Gasteiger partial charge is 0.342 e. The standard InChI is InChI=1S/C18H25N3O2/c22-17(20-10-3-1-2-4-11-20)15-7-12-21(13-8-15)18(23)16-6-5-9-19-14-16/h5-6,9,14-15H,1-4,7-8,10-13H2. The Bertz CT molecular complexity index is 530. The molecule has 0 spiro atoms. The molecular formula is C18H25N3O2. The Kier molecular flexibility index (Phi) is 5.26. The monoisotopic (exact) mass is 315 g/mol. The Morgan fingerprint density at radius 3 is 2.26 bits per heavy atom. The highest BCUT2D eigenvalue weighted by Gasteiger charge is 2.30. The number of piperidine rings is 1. The lowest BCUT2D eigenvalue weighted by Crippen LogP contribution is -2.44. The molecule has 2 fully saturated rings. The van der Waals surface area contributed by atoms with Crippen molar-refractivity contribution in [3.05, 3.63) is 30.1 Å². The summed E-state index contributed by atoms with van der Waals surface area (Å²) in [7, 11) is 0. The normalized spacial score (nSPS) is 20.2. The van der Waals surface area contributed by atoms with Gasteiger partial charge in [-0.2, -0.15) is 0 Å². The number of hydrogen-bond acceptors (Lipinski definition) is 3. The summed E-state index contributed by atoms with van der Waals surface area (Å²) in [6.45, 7) is 3.15. The fourth-order valence-electron chi connectivity index (χ4n) is 3.55. The minimum absolute atomic E-state index is 0.0266. The number of hydrogen-bond donors (Lipinski definition) is 0. The SMILES string of the molecule is O=C(c1cccnc1)N1CCC(C(=O)N2CCCCCC2)CC1. The third-order valence-electron chi connectivity index (χ3n) is 4.96. The second-order valence-electron chi connectivity index (χ2n) is 6.55. The molecule has 0 aliphatic carbocycles. The van der Waals surface area contributed by atoms with E-state index in [1.807, 2.05) is 4.90 Å². The summed E-state index contributed by atoms with van der Waals surface area (Å²) in [5, 5.41) is 0. The van der Waals surface area contributed by atoms with Crippen LogP contribution in [0.3, 0.4) is 0 Å². The van der Waals surface area contributed by atoms with E-state index >= 15 is 0 Å². The van der Waals surface area contributed by atoms with Crippen LogP contribution in [0.4, 0.5) is 0 Å². The molecule has 0 unspecified atom stereocenters. The lowest BCUT2D eigenvalue weighted by atomic mass is 9.94. The highest BCUT2D eigenvalue weighted by Crippen LogP contribution is 2.22. The second-order valence-corrected chi connectivity index (χ2v) is 6.55. The van der Waals surface area contributed by atoms with Crippen molar-refractivity contribution in [1.82, 2.24) is 14.8 Å². The molecule has 0 N–H and O–H groups in total. The predicted molar refractivity (Wildman–Crippen MR) is 87.9 cm³/mol. The fraction of sp³-hybridized carbons (Fsp3) is 0.611. The van der Waals surface area contributed by atoms with Gasteiger partial charge in [-0.15, -0.1) is 0 Å². The maximum Gasteiger partial charge on any atom is 0.255 e. The van der Waals surface area contributed by atoms with Crippen molar-refractivity contribution < 1.29 is 9.59 Å². The zero-order chi connectivity index (χ0) is 16.1. The zero-order valence-corrected chi connectivity index (χ0v) is 13.6. The minimum Gasteiger partial charge on any atom is -0.342 e. The summed E-state index contributed by atoms with van der Waals surface area (Å²) in [4.78, 5) is 33.0. The molecule has 0 radical (unpaired) electrons. The van der Waals surface area contributed by atoms with Gasteiger partial charge in [0.25, 0.3) is 5.91 Å². The van der Waals surface area contributed by atoms with Crippen LogP contribution >= 0.6 is 0 Å². The Morgan fingerprint density at radius 2 is 1.65 bits per heavy atom. The van der Waals surface area contributed by atoms with Crippen LogP contribution in [0.15, 0.2) is 24.5 Å². The molecule has 5 nitrogen and oxygen atoms in total. The average molecular weight is 315 g/mol. The molecule has 3 heterocycles. The third kappa shape index (κ3) is 3.89. The molecule has 0 bridgehead atoms. The number of rotatable bonds is 2. The van der Waals surface area contributed by atoms with Gasteiger partial charge in [0, 0.05) is 44.5 Å². The van der Waals surface area contributed by atoms with Crippen LogP contribution in [-0.4, -0.2) is 52.8 Å². The molecule has 1 aromatic heterocycles. The van der Waals surface area contributed by atoms with Crippen molar-refractivity contribution >= 4 is 11.8 Å². The highest BCUT2D eigenvalue weighted by atomic mass is 16.2. The first-order chi connectivity index (χ1) is 11.3.